The fourth-order valence-corrected chi connectivity index (χ4v) is 4.48. The molecule has 0 bridgehead atoms. The van der Waals surface area contributed by atoms with Gasteiger partial charge in [0.15, 0.2) is 0 Å². The number of hydrogen-bond acceptors (Lipinski definition) is 3. The highest BCUT2D eigenvalue weighted by atomic mass is 35.5. The topological polar surface area (TPSA) is 53.5 Å². The molecule has 0 spiro atoms. The second-order valence-corrected chi connectivity index (χ2v) is 8.54. The lowest BCUT2D eigenvalue weighted by atomic mass is 9.89. The normalized spacial score (nSPS) is 17.8. The minimum atomic E-state index is -4.66. The number of fused-ring (bicyclic) bond motifs is 1. The fraction of sp³-hybridized carbons (Fsp3) is 0.240. The highest BCUT2D eigenvalue weighted by Gasteiger charge is 2.39. The second-order valence-electron chi connectivity index (χ2n) is 8.11. The van der Waals surface area contributed by atoms with Gasteiger partial charge in [-0.1, -0.05) is 35.9 Å². The summed E-state index contributed by atoms with van der Waals surface area (Å²) in [7, 11) is 0. The minimum absolute atomic E-state index is 0.186. The third-order valence-corrected chi connectivity index (χ3v) is 6.05. The van der Waals surface area contributed by atoms with E-state index in [1.54, 1.807) is 54.3 Å². The van der Waals surface area contributed by atoms with Crippen molar-refractivity contribution in [3.05, 3.63) is 88.7 Å². The summed E-state index contributed by atoms with van der Waals surface area (Å²) in [6.07, 6.45) is -4.28. The lowest BCUT2D eigenvalue weighted by Crippen LogP contribution is -2.47. The summed E-state index contributed by atoms with van der Waals surface area (Å²) in [5.74, 6) is -0.820. The Morgan fingerprint density at radius 2 is 1.71 bits per heavy atom. The molecule has 4 rings (SSSR count). The Morgan fingerprint density at radius 1 is 1.03 bits per heavy atom. The Kier molecular flexibility index (Phi) is 6.36. The van der Waals surface area contributed by atoms with Crippen molar-refractivity contribution in [3.63, 3.8) is 0 Å². The molecule has 0 saturated heterocycles. The molecule has 3 aromatic rings. The first kappa shape index (κ1) is 23.8. The Labute approximate surface area is 199 Å². The predicted octanol–water partition coefficient (Wildman–Crippen LogP) is 6.29. The Balaban J connectivity index is 1.76. The van der Waals surface area contributed by atoms with Crippen LogP contribution in [0.3, 0.4) is 0 Å². The van der Waals surface area contributed by atoms with E-state index in [0.717, 1.165) is 6.07 Å². The van der Waals surface area contributed by atoms with Gasteiger partial charge in [0.2, 0.25) is 5.91 Å². The molecule has 0 aliphatic carbocycles. The van der Waals surface area contributed by atoms with Crippen molar-refractivity contribution in [1.29, 1.82) is 0 Å². The van der Waals surface area contributed by atoms with Crippen LogP contribution in [-0.4, -0.2) is 22.8 Å². The molecule has 0 saturated carbocycles. The fourth-order valence-electron chi connectivity index (χ4n) is 4.35. The molecule has 2 atom stereocenters. The zero-order chi connectivity index (χ0) is 24.6. The lowest BCUT2D eigenvalue weighted by Gasteiger charge is -2.43. The lowest BCUT2D eigenvalue weighted by molar-refractivity contribution is -0.141. The van der Waals surface area contributed by atoms with Crippen LogP contribution in [0.2, 0.25) is 5.02 Å². The number of carbonyl (C=O) groups is 2. The number of nitrogens with zero attached hydrogens (tertiary/aromatic N) is 3. The zero-order valence-electron chi connectivity index (χ0n) is 18.4. The van der Waals surface area contributed by atoms with Crippen LogP contribution in [0.25, 0.3) is 0 Å². The van der Waals surface area contributed by atoms with Gasteiger partial charge in [0, 0.05) is 29.4 Å². The Morgan fingerprint density at radius 3 is 2.35 bits per heavy atom. The van der Waals surface area contributed by atoms with Crippen LogP contribution < -0.4 is 9.80 Å². The summed E-state index contributed by atoms with van der Waals surface area (Å²) >= 11 is 6.01. The van der Waals surface area contributed by atoms with E-state index in [-0.39, 0.29) is 17.6 Å². The molecule has 2 heterocycles. The van der Waals surface area contributed by atoms with Gasteiger partial charge in [0.25, 0.3) is 5.91 Å². The van der Waals surface area contributed by atoms with Gasteiger partial charge in [0.1, 0.15) is 11.4 Å². The number of pyridine rings is 1. The summed E-state index contributed by atoms with van der Waals surface area (Å²) in [5.41, 5.74) is 0.473. The van der Waals surface area contributed by atoms with Gasteiger partial charge in [0.05, 0.1) is 6.04 Å². The van der Waals surface area contributed by atoms with Crippen molar-refractivity contribution in [2.45, 2.75) is 38.5 Å². The molecule has 1 aromatic heterocycles. The number of aromatic nitrogens is 1. The number of hydrogen-bond donors (Lipinski definition) is 0. The third kappa shape index (κ3) is 4.50. The van der Waals surface area contributed by atoms with Gasteiger partial charge >= 0.3 is 6.18 Å². The molecule has 1 aliphatic rings. The van der Waals surface area contributed by atoms with Crippen molar-refractivity contribution in [2.75, 3.05) is 9.80 Å². The molecule has 5 nitrogen and oxygen atoms in total. The predicted molar refractivity (Wildman–Crippen MR) is 124 cm³/mol. The molecule has 2 aromatic carbocycles. The van der Waals surface area contributed by atoms with Crippen molar-refractivity contribution in [1.82, 2.24) is 4.98 Å². The van der Waals surface area contributed by atoms with Crippen LogP contribution >= 0.6 is 11.6 Å². The van der Waals surface area contributed by atoms with Gasteiger partial charge < -0.3 is 9.80 Å². The average Bonchev–Trinajstić information content (AvgIpc) is 2.79. The number of carbonyl (C=O) groups excluding carboxylic acids is 2. The van der Waals surface area contributed by atoms with Gasteiger partial charge in [-0.2, -0.15) is 13.2 Å². The molecule has 0 N–H and O–H groups in total. The minimum Gasteiger partial charge on any atom is -0.305 e. The van der Waals surface area contributed by atoms with Crippen LogP contribution in [0.4, 0.5) is 24.5 Å². The summed E-state index contributed by atoms with van der Waals surface area (Å²) in [6.45, 7) is 3.26. The van der Waals surface area contributed by atoms with E-state index >= 15 is 0 Å². The van der Waals surface area contributed by atoms with E-state index in [1.807, 2.05) is 6.07 Å². The van der Waals surface area contributed by atoms with Crippen LogP contribution in [0.15, 0.2) is 66.7 Å². The van der Waals surface area contributed by atoms with Crippen LogP contribution in [0, 0.1) is 0 Å². The molecular formula is C25H21ClF3N3O2. The zero-order valence-corrected chi connectivity index (χ0v) is 19.1. The average molecular weight is 488 g/mol. The van der Waals surface area contributed by atoms with Crippen molar-refractivity contribution in [2.24, 2.45) is 0 Å². The third-order valence-electron chi connectivity index (χ3n) is 5.79. The highest BCUT2D eigenvalue weighted by Crippen LogP contribution is 2.43. The number of anilines is 2. The monoisotopic (exact) mass is 487 g/mol. The molecule has 0 fully saturated rings. The number of para-hydroxylation sites is 1. The van der Waals surface area contributed by atoms with E-state index in [9.17, 15) is 22.8 Å². The number of amides is 2. The van der Waals surface area contributed by atoms with E-state index in [1.165, 1.54) is 24.0 Å². The Hall–Kier alpha value is -3.39. The number of rotatable bonds is 3. The van der Waals surface area contributed by atoms with E-state index in [4.69, 9.17) is 11.6 Å². The molecule has 1 aliphatic heterocycles. The first-order chi connectivity index (χ1) is 16.1. The summed E-state index contributed by atoms with van der Waals surface area (Å²) in [6, 6.07) is 16.4. The molecule has 0 unspecified atom stereocenters. The maximum absolute atomic E-state index is 13.4. The van der Waals surface area contributed by atoms with E-state index < -0.39 is 23.8 Å². The number of alkyl halides is 3. The first-order valence-electron chi connectivity index (χ1n) is 10.6. The van der Waals surface area contributed by atoms with Gasteiger partial charge in [-0.05, 0) is 61.4 Å². The van der Waals surface area contributed by atoms with Gasteiger partial charge in [-0.25, -0.2) is 4.98 Å². The quantitative estimate of drug-likeness (QED) is 0.436. The van der Waals surface area contributed by atoms with Gasteiger partial charge in [-0.3, -0.25) is 9.59 Å². The molecule has 0 radical (unpaired) electrons. The van der Waals surface area contributed by atoms with Crippen LogP contribution in [0.5, 0.6) is 0 Å². The summed E-state index contributed by atoms with van der Waals surface area (Å²) in [5, 5.41) is 0.537. The standard InChI is InChI=1S/C25H21ClF3N3O2/c1-15-14-22(32(16(2)33)18-12-10-17(26)11-13-18)19-6-3-4-8-21(19)31(15)24(34)20-7-5-9-23(30-20)25(27,28)29/h3-13,15,22H,14H2,1-2H3/t15-,22+/m0/s1. The van der Waals surface area contributed by atoms with E-state index in [0.29, 0.717) is 28.4 Å². The molecule has 9 heteroatoms. The number of halogens is 4. The van der Waals surface area contributed by atoms with E-state index in [2.05, 4.69) is 4.98 Å². The van der Waals surface area contributed by atoms with Crippen LogP contribution in [0.1, 0.15) is 48.1 Å². The smallest absolute Gasteiger partial charge is 0.305 e. The van der Waals surface area contributed by atoms with Crippen molar-refractivity contribution < 1.29 is 22.8 Å². The highest BCUT2D eigenvalue weighted by molar-refractivity contribution is 6.30. The van der Waals surface area contributed by atoms with Gasteiger partial charge in [-0.15, -0.1) is 0 Å². The maximum atomic E-state index is 13.4. The molecule has 2 amide bonds. The number of benzene rings is 2. The molecule has 176 valence electrons. The second kappa shape index (κ2) is 9.10. The molecular weight excluding hydrogens is 467 g/mol. The first-order valence-corrected chi connectivity index (χ1v) is 11.0. The van der Waals surface area contributed by atoms with Crippen LogP contribution in [-0.2, 0) is 11.0 Å². The van der Waals surface area contributed by atoms with Crippen molar-refractivity contribution >= 4 is 34.8 Å². The molecule has 34 heavy (non-hydrogen) atoms. The van der Waals surface area contributed by atoms with Crippen molar-refractivity contribution in [3.8, 4) is 0 Å². The summed E-state index contributed by atoms with van der Waals surface area (Å²) in [4.78, 5) is 32.8. The SMILES string of the molecule is CC(=O)N(c1ccc(Cl)cc1)[C@@H]1C[C@H](C)N(C(=O)c2cccc(C(F)(F)F)n2)c2ccccc21. The largest absolute Gasteiger partial charge is 0.433 e. The maximum Gasteiger partial charge on any atom is 0.433 e. The summed E-state index contributed by atoms with van der Waals surface area (Å²) < 4.78 is 39.5. The Bertz CT molecular complexity index is 1230.